The third kappa shape index (κ3) is 3.68. The number of nitrogen functional groups attached to an aromatic ring is 1. The summed E-state index contributed by atoms with van der Waals surface area (Å²) in [5.74, 6) is 0.899. The summed E-state index contributed by atoms with van der Waals surface area (Å²) in [6, 6.07) is 3.86. The lowest BCUT2D eigenvalue weighted by Crippen LogP contribution is -2.06. The molecule has 5 nitrogen and oxygen atoms in total. The first-order valence-corrected chi connectivity index (χ1v) is 7.50. The third-order valence-electron chi connectivity index (χ3n) is 3.16. The minimum atomic E-state index is 0.246. The lowest BCUT2D eigenvalue weighted by Gasteiger charge is -2.09. The molecule has 1 atom stereocenters. The summed E-state index contributed by atoms with van der Waals surface area (Å²) >= 11 is 1.38. The van der Waals surface area contributed by atoms with Gasteiger partial charge in [0.15, 0.2) is 0 Å². The summed E-state index contributed by atoms with van der Waals surface area (Å²) in [5.41, 5.74) is 7.93. The Morgan fingerprint density at radius 1 is 1.40 bits per heavy atom. The molecule has 2 rings (SSSR count). The molecule has 0 amide bonds. The molecule has 0 aliphatic rings. The molecule has 0 fully saturated rings. The average molecular weight is 292 g/mol. The normalized spacial score (nSPS) is 12.3. The lowest BCUT2D eigenvalue weighted by atomic mass is 10.1. The number of nitrogens with one attached hydrogen (secondary N) is 1. The minimum absolute atomic E-state index is 0.246. The Morgan fingerprint density at radius 2 is 2.15 bits per heavy atom. The zero-order valence-electron chi connectivity index (χ0n) is 11.5. The van der Waals surface area contributed by atoms with Gasteiger partial charge in [0.05, 0.1) is 5.56 Å². The molecular weight excluding hydrogens is 272 g/mol. The molecule has 0 radical (unpaired) electrons. The highest BCUT2D eigenvalue weighted by atomic mass is 32.1. The van der Waals surface area contributed by atoms with E-state index in [0.29, 0.717) is 11.7 Å². The predicted molar refractivity (Wildman–Crippen MR) is 83.7 cm³/mol. The van der Waals surface area contributed by atoms with E-state index in [1.54, 1.807) is 12.4 Å². The van der Waals surface area contributed by atoms with Gasteiger partial charge in [0.1, 0.15) is 10.8 Å². The van der Waals surface area contributed by atoms with Crippen LogP contribution in [0.1, 0.15) is 19.8 Å². The Balaban J connectivity index is 1.99. The fourth-order valence-electron chi connectivity index (χ4n) is 1.96. The van der Waals surface area contributed by atoms with Crippen LogP contribution in [0.5, 0.6) is 0 Å². The maximum Gasteiger partial charge on any atom is 0.147 e. The molecule has 6 heteroatoms. The van der Waals surface area contributed by atoms with Crippen molar-refractivity contribution in [3.8, 4) is 11.1 Å². The maximum absolute atomic E-state index is 9.00. The Bertz CT molecular complexity index is 529. The number of aromatic nitrogens is 2. The van der Waals surface area contributed by atoms with Crippen LogP contribution in [0.3, 0.4) is 0 Å². The number of aliphatic hydroxyl groups is 1. The molecule has 4 N–H and O–H groups in total. The van der Waals surface area contributed by atoms with Crippen molar-refractivity contribution >= 4 is 22.4 Å². The second-order valence-corrected chi connectivity index (χ2v) is 5.64. The molecule has 2 aromatic rings. The number of pyridine rings is 1. The van der Waals surface area contributed by atoms with E-state index in [9.17, 15) is 0 Å². The van der Waals surface area contributed by atoms with Gasteiger partial charge >= 0.3 is 0 Å². The molecule has 2 aromatic heterocycles. The van der Waals surface area contributed by atoms with E-state index < -0.39 is 0 Å². The zero-order chi connectivity index (χ0) is 14.4. The predicted octanol–water partition coefficient (Wildman–Crippen LogP) is 2.61. The first-order chi connectivity index (χ1) is 9.72. The molecule has 2 heterocycles. The fraction of sp³-hybridized carbons (Fsp3) is 0.429. The van der Waals surface area contributed by atoms with Crippen LogP contribution in [0.2, 0.25) is 0 Å². The minimum Gasteiger partial charge on any atom is -0.396 e. The molecule has 0 spiro atoms. The monoisotopic (exact) mass is 292 g/mol. The molecule has 0 bridgehead atoms. The van der Waals surface area contributed by atoms with Gasteiger partial charge in [-0.25, -0.2) is 0 Å². The highest BCUT2D eigenvalue weighted by Gasteiger charge is 2.13. The molecule has 1 unspecified atom stereocenters. The van der Waals surface area contributed by atoms with Crippen LogP contribution in [0.25, 0.3) is 11.1 Å². The van der Waals surface area contributed by atoms with Crippen LogP contribution >= 0.6 is 11.5 Å². The smallest absolute Gasteiger partial charge is 0.147 e. The molecule has 108 valence electrons. The van der Waals surface area contributed by atoms with Crippen LogP contribution in [0, 0.1) is 5.92 Å². The third-order valence-corrected chi connectivity index (χ3v) is 3.98. The van der Waals surface area contributed by atoms with E-state index in [-0.39, 0.29) is 6.61 Å². The van der Waals surface area contributed by atoms with Gasteiger partial charge in [-0.1, -0.05) is 6.92 Å². The Morgan fingerprint density at radius 3 is 2.85 bits per heavy atom. The van der Waals surface area contributed by atoms with Crippen molar-refractivity contribution in [2.24, 2.45) is 5.92 Å². The van der Waals surface area contributed by atoms with Crippen LogP contribution in [0.15, 0.2) is 24.5 Å². The topological polar surface area (TPSA) is 84.1 Å². The molecule has 0 saturated heterocycles. The van der Waals surface area contributed by atoms with Crippen molar-refractivity contribution in [2.75, 3.05) is 24.2 Å². The first kappa shape index (κ1) is 14.7. The average Bonchev–Trinajstić information content (AvgIpc) is 2.85. The van der Waals surface area contributed by atoms with Crippen molar-refractivity contribution in [2.45, 2.75) is 19.8 Å². The second kappa shape index (κ2) is 7.21. The first-order valence-electron chi connectivity index (χ1n) is 6.72. The molecular formula is C14H20N4OS. The van der Waals surface area contributed by atoms with Gasteiger partial charge in [-0.3, -0.25) is 4.98 Å². The van der Waals surface area contributed by atoms with Crippen molar-refractivity contribution < 1.29 is 5.11 Å². The van der Waals surface area contributed by atoms with E-state index in [4.69, 9.17) is 10.8 Å². The summed E-state index contributed by atoms with van der Waals surface area (Å²) in [6.07, 6.45) is 5.51. The summed E-state index contributed by atoms with van der Waals surface area (Å²) in [4.78, 5) is 4.02. The van der Waals surface area contributed by atoms with Gasteiger partial charge in [-0.2, -0.15) is 4.37 Å². The van der Waals surface area contributed by atoms with Crippen molar-refractivity contribution in [3.63, 3.8) is 0 Å². The summed E-state index contributed by atoms with van der Waals surface area (Å²) in [6.45, 7) is 3.15. The Hall–Kier alpha value is -1.66. The number of aliphatic hydroxyl groups excluding tert-OH is 1. The summed E-state index contributed by atoms with van der Waals surface area (Å²) in [5, 5.41) is 13.4. The highest BCUT2D eigenvalue weighted by molar-refractivity contribution is 7.11. The van der Waals surface area contributed by atoms with Crippen molar-refractivity contribution in [3.05, 3.63) is 24.5 Å². The quantitative estimate of drug-likeness (QED) is 0.683. The Kier molecular flexibility index (Phi) is 5.31. The number of hydrogen-bond donors (Lipinski definition) is 3. The molecule has 0 aliphatic heterocycles. The van der Waals surface area contributed by atoms with E-state index in [1.807, 2.05) is 19.1 Å². The van der Waals surface area contributed by atoms with Gasteiger partial charge in [0.25, 0.3) is 0 Å². The number of anilines is 2. The maximum atomic E-state index is 9.00. The largest absolute Gasteiger partial charge is 0.396 e. The Labute approximate surface area is 123 Å². The molecule has 20 heavy (non-hydrogen) atoms. The van der Waals surface area contributed by atoms with E-state index in [1.165, 1.54) is 11.5 Å². The number of nitrogens with two attached hydrogens (primary N) is 1. The number of nitrogens with zero attached hydrogens (tertiary/aromatic N) is 2. The van der Waals surface area contributed by atoms with Gasteiger partial charge in [-0.05, 0) is 48.0 Å². The van der Waals surface area contributed by atoms with Gasteiger partial charge in [0.2, 0.25) is 0 Å². The molecule has 0 aromatic carbocycles. The number of hydrogen-bond acceptors (Lipinski definition) is 6. The van der Waals surface area contributed by atoms with E-state index in [0.717, 1.165) is 35.5 Å². The zero-order valence-corrected chi connectivity index (χ0v) is 12.4. The van der Waals surface area contributed by atoms with Crippen LogP contribution in [0.4, 0.5) is 10.8 Å². The molecule has 0 aliphatic carbocycles. The van der Waals surface area contributed by atoms with Crippen molar-refractivity contribution in [1.82, 2.24) is 9.36 Å². The second-order valence-electron chi connectivity index (χ2n) is 4.86. The van der Waals surface area contributed by atoms with Gasteiger partial charge in [-0.15, -0.1) is 0 Å². The van der Waals surface area contributed by atoms with Gasteiger partial charge in [0, 0.05) is 25.5 Å². The van der Waals surface area contributed by atoms with Crippen molar-refractivity contribution in [1.29, 1.82) is 0 Å². The summed E-state index contributed by atoms with van der Waals surface area (Å²) < 4.78 is 4.22. The SMILES string of the molecule is CC(CO)CCCNc1snc(N)c1-c1ccncc1. The van der Waals surface area contributed by atoms with Crippen LogP contribution in [-0.4, -0.2) is 27.6 Å². The van der Waals surface area contributed by atoms with Gasteiger partial charge < -0.3 is 16.2 Å². The van der Waals surface area contributed by atoms with Crippen LogP contribution in [-0.2, 0) is 0 Å². The summed E-state index contributed by atoms with van der Waals surface area (Å²) in [7, 11) is 0. The van der Waals surface area contributed by atoms with Crippen LogP contribution < -0.4 is 11.1 Å². The molecule has 0 saturated carbocycles. The van der Waals surface area contributed by atoms with E-state index >= 15 is 0 Å². The highest BCUT2D eigenvalue weighted by Crippen LogP contribution is 2.36. The number of rotatable bonds is 7. The van der Waals surface area contributed by atoms with E-state index in [2.05, 4.69) is 14.7 Å². The fourth-order valence-corrected chi connectivity index (χ4v) is 2.73. The lowest BCUT2D eigenvalue weighted by molar-refractivity contribution is 0.229. The standard InChI is InChI=1S/C14H20N4OS/c1-10(9-19)3-2-6-17-14-12(13(15)18-20-14)11-4-7-16-8-5-11/h4-5,7-8,10,17,19H,2-3,6,9H2,1H3,(H2,15,18).